The van der Waals surface area contributed by atoms with Crippen molar-refractivity contribution in [2.75, 3.05) is 19.6 Å². The predicted octanol–water partition coefficient (Wildman–Crippen LogP) is 0.612. The van der Waals surface area contributed by atoms with Gasteiger partial charge in [0.1, 0.15) is 4.21 Å². The van der Waals surface area contributed by atoms with E-state index in [1.165, 1.54) is 11.3 Å². The summed E-state index contributed by atoms with van der Waals surface area (Å²) in [5.74, 6) is -0.124. The fraction of sp³-hybridized carbons (Fsp3) is 0.615. The Labute approximate surface area is 129 Å². The van der Waals surface area contributed by atoms with Gasteiger partial charge >= 0.3 is 0 Å². The third-order valence-corrected chi connectivity index (χ3v) is 6.58. The summed E-state index contributed by atoms with van der Waals surface area (Å²) >= 11 is 1.20. The first kappa shape index (κ1) is 16.4. The van der Waals surface area contributed by atoms with E-state index >= 15 is 0 Å². The van der Waals surface area contributed by atoms with E-state index in [2.05, 4.69) is 4.72 Å². The average molecular weight is 331 g/mol. The first-order chi connectivity index (χ1) is 9.94. The number of carbonyl (C=O) groups is 1. The monoisotopic (exact) mass is 331 g/mol. The van der Waals surface area contributed by atoms with Crippen molar-refractivity contribution < 1.29 is 13.2 Å². The van der Waals surface area contributed by atoms with Crippen LogP contribution in [0.2, 0.25) is 0 Å². The maximum atomic E-state index is 12.1. The summed E-state index contributed by atoms with van der Waals surface area (Å²) < 4.78 is 27.3. The molecule has 1 aromatic heterocycles. The first-order valence-corrected chi connectivity index (χ1v) is 9.35. The first-order valence-electron chi connectivity index (χ1n) is 6.98. The molecule has 118 valence electrons. The molecule has 0 saturated carbocycles. The highest BCUT2D eigenvalue weighted by Gasteiger charge is 2.28. The number of piperidine rings is 1. The molecule has 8 heteroatoms. The van der Waals surface area contributed by atoms with Gasteiger partial charge in [-0.1, -0.05) is 13.0 Å². The molecule has 0 aliphatic carbocycles. The zero-order chi connectivity index (χ0) is 15.5. The summed E-state index contributed by atoms with van der Waals surface area (Å²) in [7, 11) is -3.43. The van der Waals surface area contributed by atoms with Crippen LogP contribution in [0.15, 0.2) is 21.7 Å². The number of nitrogens with two attached hydrogens (primary N) is 1. The lowest BCUT2D eigenvalue weighted by molar-refractivity contribution is -0.135. The number of sulfonamides is 1. The number of hydrogen-bond acceptors (Lipinski definition) is 5. The molecule has 1 amide bonds. The van der Waals surface area contributed by atoms with Crippen molar-refractivity contribution in [2.45, 2.75) is 30.0 Å². The molecule has 0 aromatic carbocycles. The Morgan fingerprint density at radius 2 is 2.19 bits per heavy atom. The van der Waals surface area contributed by atoms with Crippen LogP contribution in [-0.2, 0) is 14.8 Å². The molecule has 1 aliphatic heterocycles. The van der Waals surface area contributed by atoms with Crippen LogP contribution in [0.1, 0.15) is 19.8 Å². The van der Waals surface area contributed by atoms with Crippen molar-refractivity contribution in [2.24, 2.45) is 11.7 Å². The molecule has 2 heterocycles. The summed E-state index contributed by atoms with van der Waals surface area (Å²) in [4.78, 5) is 13.8. The van der Waals surface area contributed by atoms with E-state index in [1.54, 1.807) is 22.4 Å². The zero-order valence-corrected chi connectivity index (χ0v) is 13.6. The Morgan fingerprint density at radius 3 is 2.71 bits per heavy atom. The second-order valence-electron chi connectivity index (χ2n) is 5.29. The van der Waals surface area contributed by atoms with Crippen molar-refractivity contribution in [3.05, 3.63) is 17.5 Å². The number of rotatable bonds is 5. The van der Waals surface area contributed by atoms with E-state index in [-0.39, 0.29) is 17.9 Å². The highest BCUT2D eigenvalue weighted by atomic mass is 32.2. The van der Waals surface area contributed by atoms with Crippen LogP contribution in [0.25, 0.3) is 0 Å². The van der Waals surface area contributed by atoms with Crippen molar-refractivity contribution in [1.82, 2.24) is 9.62 Å². The number of amides is 1. The number of nitrogens with one attached hydrogen (secondary N) is 1. The minimum atomic E-state index is -3.43. The van der Waals surface area contributed by atoms with Gasteiger partial charge in [0.05, 0.1) is 0 Å². The largest absolute Gasteiger partial charge is 0.342 e. The van der Waals surface area contributed by atoms with Gasteiger partial charge in [0.15, 0.2) is 0 Å². The number of hydrogen-bond donors (Lipinski definition) is 2. The second kappa shape index (κ2) is 6.87. The Kier molecular flexibility index (Phi) is 5.37. The van der Waals surface area contributed by atoms with Gasteiger partial charge in [-0.2, -0.15) is 0 Å². The van der Waals surface area contributed by atoms with E-state index in [4.69, 9.17) is 5.73 Å². The summed E-state index contributed by atoms with van der Waals surface area (Å²) in [6, 6.07) is 3.19. The minimum Gasteiger partial charge on any atom is -0.342 e. The number of thiophene rings is 1. The quantitative estimate of drug-likeness (QED) is 0.827. The van der Waals surface area contributed by atoms with Crippen LogP contribution in [-0.4, -0.2) is 44.9 Å². The maximum Gasteiger partial charge on any atom is 0.250 e. The van der Waals surface area contributed by atoms with Crippen LogP contribution in [0.4, 0.5) is 0 Å². The highest BCUT2D eigenvalue weighted by Crippen LogP contribution is 2.19. The number of nitrogens with zero attached hydrogens (tertiary/aromatic N) is 1. The lowest BCUT2D eigenvalue weighted by atomic mass is 10.0. The maximum absolute atomic E-state index is 12.1. The van der Waals surface area contributed by atoms with Gasteiger partial charge in [-0.3, -0.25) is 4.79 Å². The molecule has 1 atom stereocenters. The molecular formula is C13H21N3O3S2. The third-order valence-electron chi connectivity index (χ3n) is 3.66. The third kappa shape index (κ3) is 4.03. The van der Waals surface area contributed by atoms with Gasteiger partial charge in [-0.15, -0.1) is 11.3 Å². The van der Waals surface area contributed by atoms with Crippen LogP contribution >= 0.6 is 11.3 Å². The van der Waals surface area contributed by atoms with Gasteiger partial charge < -0.3 is 10.6 Å². The van der Waals surface area contributed by atoms with E-state index in [9.17, 15) is 13.2 Å². The Balaban J connectivity index is 1.89. The van der Waals surface area contributed by atoms with E-state index in [0.29, 0.717) is 36.7 Å². The molecule has 0 bridgehead atoms. The molecule has 2 rings (SSSR count). The lowest BCUT2D eigenvalue weighted by Gasteiger charge is -2.33. The van der Waals surface area contributed by atoms with Gasteiger partial charge in [0.25, 0.3) is 0 Å². The van der Waals surface area contributed by atoms with E-state index in [0.717, 1.165) is 0 Å². The summed E-state index contributed by atoms with van der Waals surface area (Å²) in [5, 5.41) is 1.74. The minimum absolute atomic E-state index is 0.0528. The molecular weight excluding hydrogens is 310 g/mol. The fourth-order valence-electron chi connectivity index (χ4n) is 2.32. The molecule has 0 radical (unpaired) electrons. The topological polar surface area (TPSA) is 92.5 Å². The van der Waals surface area contributed by atoms with Gasteiger partial charge in [-0.05, 0) is 24.3 Å². The van der Waals surface area contributed by atoms with Crippen LogP contribution in [0, 0.1) is 5.92 Å². The Bertz CT molecular complexity index is 563. The van der Waals surface area contributed by atoms with Crippen molar-refractivity contribution in [3.8, 4) is 0 Å². The number of likely N-dealkylation sites (tertiary alicyclic amines) is 1. The fourth-order valence-corrected chi connectivity index (χ4v) is 4.64. The van der Waals surface area contributed by atoms with Gasteiger partial charge in [-0.25, -0.2) is 13.1 Å². The van der Waals surface area contributed by atoms with Gasteiger partial charge in [0.2, 0.25) is 15.9 Å². The molecule has 1 unspecified atom stereocenters. The van der Waals surface area contributed by atoms with E-state index in [1.807, 2.05) is 6.92 Å². The summed E-state index contributed by atoms with van der Waals surface area (Å²) in [6.45, 7) is 3.29. The molecule has 1 fully saturated rings. The van der Waals surface area contributed by atoms with Crippen LogP contribution in [0.5, 0.6) is 0 Å². The summed E-state index contributed by atoms with van der Waals surface area (Å²) in [5.41, 5.74) is 5.51. The molecule has 6 nitrogen and oxygen atoms in total. The molecule has 1 aliphatic rings. The van der Waals surface area contributed by atoms with Crippen molar-refractivity contribution in [3.63, 3.8) is 0 Å². The highest BCUT2D eigenvalue weighted by molar-refractivity contribution is 7.91. The van der Waals surface area contributed by atoms with Crippen LogP contribution < -0.4 is 10.5 Å². The molecule has 1 aromatic rings. The van der Waals surface area contributed by atoms with E-state index < -0.39 is 10.0 Å². The second-order valence-corrected chi connectivity index (χ2v) is 8.18. The van der Waals surface area contributed by atoms with Crippen LogP contribution in [0.3, 0.4) is 0 Å². The predicted molar refractivity (Wildman–Crippen MR) is 82.5 cm³/mol. The van der Waals surface area contributed by atoms with Crippen molar-refractivity contribution >= 4 is 27.3 Å². The lowest BCUT2D eigenvalue weighted by Crippen LogP contribution is -2.48. The Hall–Kier alpha value is -0.960. The zero-order valence-electron chi connectivity index (χ0n) is 12.0. The number of carbonyl (C=O) groups excluding carboxylic acids is 1. The standard InChI is InChI=1S/C13H21N3O3S2/c1-10(9-14)13(17)16-6-4-11(5-7-16)15-21(18,19)12-3-2-8-20-12/h2-3,8,10-11,15H,4-7,9,14H2,1H3. The molecule has 1 saturated heterocycles. The molecule has 21 heavy (non-hydrogen) atoms. The SMILES string of the molecule is CC(CN)C(=O)N1CCC(NS(=O)(=O)c2cccs2)CC1. The summed E-state index contributed by atoms with van der Waals surface area (Å²) in [6.07, 6.45) is 1.27. The van der Waals surface area contributed by atoms with Crippen molar-refractivity contribution in [1.29, 1.82) is 0 Å². The van der Waals surface area contributed by atoms with Gasteiger partial charge in [0, 0.05) is 31.6 Å². The molecule has 3 N–H and O–H groups in total. The molecule has 0 spiro atoms. The average Bonchev–Trinajstić information content (AvgIpc) is 3.01. The normalized spacial score (nSPS) is 18.7. The smallest absolute Gasteiger partial charge is 0.250 e. The Morgan fingerprint density at radius 1 is 1.52 bits per heavy atom.